The Balaban J connectivity index is 2.16. The van der Waals surface area contributed by atoms with E-state index >= 15 is 0 Å². The molecule has 1 aromatic rings. The molecule has 1 aromatic heterocycles. The summed E-state index contributed by atoms with van der Waals surface area (Å²) in [6.45, 7) is 0.911. The number of rotatable bonds is 2. The molecule has 1 aliphatic heterocycles. The fourth-order valence-electron chi connectivity index (χ4n) is 2.21. The van der Waals surface area contributed by atoms with Crippen molar-refractivity contribution in [3.8, 4) is 0 Å². The van der Waals surface area contributed by atoms with Gasteiger partial charge in [0.2, 0.25) is 5.91 Å². The van der Waals surface area contributed by atoms with Crippen LogP contribution in [0.15, 0.2) is 23.1 Å². The van der Waals surface area contributed by atoms with E-state index in [-0.39, 0.29) is 19.5 Å². The minimum atomic E-state index is -4.59. The summed E-state index contributed by atoms with van der Waals surface area (Å²) in [5.74, 6) is -0.571. The van der Waals surface area contributed by atoms with Crippen LogP contribution in [0.5, 0.6) is 0 Å². The number of halogens is 4. The summed E-state index contributed by atoms with van der Waals surface area (Å²) >= 11 is 0. The number of alkyl halides is 4. The van der Waals surface area contributed by atoms with E-state index in [1.54, 1.807) is 0 Å². The first-order valence-electron chi connectivity index (χ1n) is 6.33. The maximum absolute atomic E-state index is 13.6. The summed E-state index contributed by atoms with van der Waals surface area (Å²) in [6.07, 6.45) is -3.81. The number of nitrogens with zero attached hydrogens (tertiary/aromatic N) is 2. The normalized spacial score (nSPS) is 22.6. The van der Waals surface area contributed by atoms with Gasteiger partial charge in [-0.25, -0.2) is 4.39 Å². The van der Waals surface area contributed by atoms with Crippen LogP contribution >= 0.6 is 0 Å². The molecule has 0 radical (unpaired) electrons. The second-order valence-corrected chi connectivity index (χ2v) is 5.36. The average molecular weight is 306 g/mol. The molecule has 21 heavy (non-hydrogen) atoms. The van der Waals surface area contributed by atoms with E-state index < -0.39 is 35.4 Å². The molecule has 116 valence electrons. The zero-order valence-electron chi connectivity index (χ0n) is 11.3. The van der Waals surface area contributed by atoms with Gasteiger partial charge in [-0.3, -0.25) is 9.59 Å². The van der Waals surface area contributed by atoms with Crippen LogP contribution in [0.2, 0.25) is 0 Å². The second kappa shape index (κ2) is 5.16. The standard InChI is InChI=1S/C13H14F4N2O2/c1-12(14)4-5-18(8-12)11(21)7-19-6-9(13(15,16)17)2-3-10(19)20/h2-3,6H,4-5,7-8H2,1H3/t12-/m1/s1. The van der Waals surface area contributed by atoms with Gasteiger partial charge >= 0.3 is 6.18 Å². The number of carbonyl (C=O) groups is 1. The number of hydrogen-bond acceptors (Lipinski definition) is 2. The van der Waals surface area contributed by atoms with Crippen molar-refractivity contribution in [2.45, 2.75) is 31.7 Å². The Labute approximate surface area is 118 Å². The first-order chi connectivity index (χ1) is 9.58. The molecule has 8 heteroatoms. The smallest absolute Gasteiger partial charge is 0.338 e. The topological polar surface area (TPSA) is 42.3 Å². The van der Waals surface area contributed by atoms with Crippen molar-refractivity contribution >= 4 is 5.91 Å². The van der Waals surface area contributed by atoms with Gasteiger partial charge in [0.25, 0.3) is 5.56 Å². The van der Waals surface area contributed by atoms with E-state index in [4.69, 9.17) is 0 Å². The Kier molecular flexibility index (Phi) is 3.81. The summed E-state index contributed by atoms with van der Waals surface area (Å²) in [4.78, 5) is 24.7. The minimum absolute atomic E-state index is 0.112. The number of carbonyl (C=O) groups excluding carboxylic acids is 1. The molecule has 0 aromatic carbocycles. The molecule has 1 aliphatic rings. The van der Waals surface area contributed by atoms with Gasteiger partial charge in [-0.05, 0) is 13.0 Å². The predicted octanol–water partition coefficient (Wildman–Crippen LogP) is 1.83. The monoisotopic (exact) mass is 306 g/mol. The first-order valence-corrected chi connectivity index (χ1v) is 6.33. The summed E-state index contributed by atoms with van der Waals surface area (Å²) in [5, 5.41) is 0. The van der Waals surface area contributed by atoms with Crippen molar-refractivity contribution in [2.75, 3.05) is 13.1 Å². The molecule has 1 amide bonds. The van der Waals surface area contributed by atoms with E-state index in [1.165, 1.54) is 11.8 Å². The van der Waals surface area contributed by atoms with Gasteiger partial charge in [0.15, 0.2) is 0 Å². The van der Waals surface area contributed by atoms with Gasteiger partial charge in [0.05, 0.1) is 12.1 Å². The molecule has 0 aliphatic carbocycles. The predicted molar refractivity (Wildman–Crippen MR) is 66.4 cm³/mol. The second-order valence-electron chi connectivity index (χ2n) is 5.36. The van der Waals surface area contributed by atoms with Gasteiger partial charge in [0, 0.05) is 25.2 Å². The Morgan fingerprint density at radius 3 is 2.57 bits per heavy atom. The molecule has 1 atom stereocenters. The molecular weight excluding hydrogens is 292 g/mol. The third-order valence-corrected chi connectivity index (χ3v) is 3.39. The van der Waals surface area contributed by atoms with Crippen LogP contribution in [0.1, 0.15) is 18.9 Å². The Morgan fingerprint density at radius 1 is 1.38 bits per heavy atom. The number of aromatic nitrogens is 1. The maximum Gasteiger partial charge on any atom is 0.417 e. The Bertz CT molecular complexity index is 607. The van der Waals surface area contributed by atoms with Gasteiger partial charge < -0.3 is 9.47 Å². The van der Waals surface area contributed by atoms with E-state index in [2.05, 4.69) is 0 Å². The van der Waals surface area contributed by atoms with Crippen LogP contribution in [0.4, 0.5) is 17.6 Å². The number of likely N-dealkylation sites (tertiary alicyclic amines) is 1. The Morgan fingerprint density at radius 2 is 2.05 bits per heavy atom. The van der Waals surface area contributed by atoms with Crippen molar-refractivity contribution in [1.29, 1.82) is 0 Å². The lowest BCUT2D eigenvalue weighted by Gasteiger charge is -2.18. The molecule has 1 saturated heterocycles. The molecule has 0 unspecified atom stereocenters. The largest absolute Gasteiger partial charge is 0.417 e. The lowest BCUT2D eigenvalue weighted by Crippen LogP contribution is -2.36. The summed E-state index contributed by atoms with van der Waals surface area (Å²) < 4.78 is 52.1. The van der Waals surface area contributed by atoms with Crippen LogP contribution in [0, 0.1) is 0 Å². The number of hydrogen-bond donors (Lipinski definition) is 0. The van der Waals surface area contributed by atoms with Crippen molar-refractivity contribution < 1.29 is 22.4 Å². The zero-order valence-corrected chi connectivity index (χ0v) is 11.3. The highest BCUT2D eigenvalue weighted by Gasteiger charge is 2.36. The molecule has 4 nitrogen and oxygen atoms in total. The highest BCUT2D eigenvalue weighted by Crippen LogP contribution is 2.28. The molecule has 1 fully saturated rings. The maximum atomic E-state index is 13.6. The van der Waals surface area contributed by atoms with Crippen LogP contribution in [-0.4, -0.2) is 34.1 Å². The van der Waals surface area contributed by atoms with E-state index in [9.17, 15) is 27.2 Å². The summed E-state index contributed by atoms with van der Waals surface area (Å²) in [6, 6.07) is 1.43. The van der Waals surface area contributed by atoms with Crippen LogP contribution < -0.4 is 5.56 Å². The van der Waals surface area contributed by atoms with Gasteiger partial charge in [-0.1, -0.05) is 0 Å². The number of amides is 1. The fraction of sp³-hybridized carbons (Fsp3) is 0.538. The number of pyridine rings is 1. The van der Waals surface area contributed by atoms with Gasteiger partial charge in [-0.2, -0.15) is 13.2 Å². The molecule has 0 spiro atoms. The minimum Gasteiger partial charge on any atom is -0.338 e. The summed E-state index contributed by atoms with van der Waals surface area (Å²) in [7, 11) is 0. The van der Waals surface area contributed by atoms with Crippen molar-refractivity contribution in [3.63, 3.8) is 0 Å². The first kappa shape index (κ1) is 15.5. The van der Waals surface area contributed by atoms with Crippen LogP contribution in [0.3, 0.4) is 0 Å². The van der Waals surface area contributed by atoms with E-state index in [0.29, 0.717) is 16.8 Å². The van der Waals surface area contributed by atoms with Gasteiger partial charge in [0.1, 0.15) is 12.2 Å². The van der Waals surface area contributed by atoms with E-state index in [1.807, 2.05) is 0 Å². The van der Waals surface area contributed by atoms with Crippen molar-refractivity contribution in [3.05, 3.63) is 34.2 Å². The molecule has 2 heterocycles. The molecule has 0 saturated carbocycles. The van der Waals surface area contributed by atoms with Crippen molar-refractivity contribution in [2.24, 2.45) is 0 Å². The fourth-order valence-corrected chi connectivity index (χ4v) is 2.21. The van der Waals surface area contributed by atoms with E-state index in [0.717, 1.165) is 6.07 Å². The van der Waals surface area contributed by atoms with Gasteiger partial charge in [-0.15, -0.1) is 0 Å². The quantitative estimate of drug-likeness (QED) is 0.782. The SMILES string of the molecule is C[C@@]1(F)CCN(C(=O)Cn2cc(C(F)(F)F)ccc2=O)C1. The summed E-state index contributed by atoms with van der Waals surface area (Å²) in [5.41, 5.74) is -3.21. The highest BCUT2D eigenvalue weighted by atomic mass is 19.4. The Hall–Kier alpha value is -1.86. The third-order valence-electron chi connectivity index (χ3n) is 3.39. The lowest BCUT2D eigenvalue weighted by molar-refractivity contribution is -0.138. The third kappa shape index (κ3) is 3.62. The highest BCUT2D eigenvalue weighted by molar-refractivity contribution is 5.76. The lowest BCUT2D eigenvalue weighted by atomic mass is 10.1. The molecule has 2 rings (SSSR count). The zero-order chi connectivity index (χ0) is 15.8. The molecule has 0 N–H and O–H groups in total. The van der Waals surface area contributed by atoms with Crippen molar-refractivity contribution in [1.82, 2.24) is 9.47 Å². The molecular formula is C13H14F4N2O2. The van der Waals surface area contributed by atoms with Crippen LogP contribution in [-0.2, 0) is 17.5 Å². The average Bonchev–Trinajstić information content (AvgIpc) is 2.71. The van der Waals surface area contributed by atoms with Crippen LogP contribution in [0.25, 0.3) is 0 Å². The molecule has 0 bridgehead atoms.